The maximum absolute atomic E-state index is 8.94. The number of hydrogen-bond acceptors (Lipinski definition) is 4. The Kier molecular flexibility index (Phi) is 4.08. The van der Waals surface area contributed by atoms with E-state index in [1.54, 1.807) is 6.07 Å². The lowest BCUT2D eigenvalue weighted by Gasteiger charge is -2.40. The van der Waals surface area contributed by atoms with E-state index >= 15 is 0 Å². The first-order valence-electron chi connectivity index (χ1n) is 7.34. The topological polar surface area (TPSA) is 45.5 Å². The predicted octanol–water partition coefficient (Wildman–Crippen LogP) is 3.33. The standard InChI is InChI=1S/C16H19ClN2O2/c1-19(14-3-2-12(11-18)15(17)10-14)13-4-6-16(7-5-13)20-8-9-21-16/h2-3,10,13H,4-9H2,1H3. The molecule has 21 heavy (non-hydrogen) atoms. The maximum Gasteiger partial charge on any atom is 0.168 e. The van der Waals surface area contributed by atoms with Crippen molar-refractivity contribution in [2.24, 2.45) is 0 Å². The molecule has 0 bridgehead atoms. The van der Waals surface area contributed by atoms with Crippen LogP contribution in [0.4, 0.5) is 5.69 Å². The normalized spacial score (nSPS) is 21.4. The lowest BCUT2D eigenvalue weighted by Crippen LogP contribution is -2.42. The molecule has 0 unspecified atom stereocenters. The zero-order valence-electron chi connectivity index (χ0n) is 12.1. The third-order valence-electron chi connectivity index (χ3n) is 4.56. The summed E-state index contributed by atoms with van der Waals surface area (Å²) in [7, 11) is 2.08. The number of hydrogen-bond donors (Lipinski definition) is 0. The summed E-state index contributed by atoms with van der Waals surface area (Å²) in [4.78, 5) is 2.24. The molecule has 0 atom stereocenters. The van der Waals surface area contributed by atoms with Crippen molar-refractivity contribution in [2.75, 3.05) is 25.2 Å². The van der Waals surface area contributed by atoms with Gasteiger partial charge < -0.3 is 14.4 Å². The molecule has 2 fully saturated rings. The highest BCUT2D eigenvalue weighted by Gasteiger charge is 2.41. The zero-order valence-corrected chi connectivity index (χ0v) is 12.9. The molecule has 112 valence electrons. The van der Waals surface area contributed by atoms with Gasteiger partial charge in [-0.05, 0) is 31.0 Å². The van der Waals surface area contributed by atoms with E-state index in [0.29, 0.717) is 29.8 Å². The van der Waals surface area contributed by atoms with E-state index in [1.165, 1.54) is 0 Å². The summed E-state index contributed by atoms with van der Waals surface area (Å²) in [5.74, 6) is -0.320. The average molecular weight is 307 g/mol. The van der Waals surface area contributed by atoms with Crippen LogP contribution in [0.3, 0.4) is 0 Å². The van der Waals surface area contributed by atoms with Crippen LogP contribution in [-0.4, -0.2) is 32.1 Å². The zero-order chi connectivity index (χ0) is 14.9. The molecular formula is C16H19ClN2O2. The molecular weight excluding hydrogens is 288 g/mol. The van der Waals surface area contributed by atoms with Crippen LogP contribution in [0.25, 0.3) is 0 Å². The van der Waals surface area contributed by atoms with Crippen LogP contribution in [0.5, 0.6) is 0 Å². The molecule has 1 aromatic rings. The summed E-state index contributed by atoms with van der Waals surface area (Å²) in [6.07, 6.45) is 3.94. The second-order valence-electron chi connectivity index (χ2n) is 5.73. The Morgan fingerprint density at radius 3 is 2.52 bits per heavy atom. The Bertz CT molecular complexity index is 554. The van der Waals surface area contributed by atoms with E-state index in [4.69, 9.17) is 26.3 Å². The molecule has 4 nitrogen and oxygen atoms in total. The Balaban J connectivity index is 1.67. The van der Waals surface area contributed by atoms with E-state index in [1.807, 2.05) is 12.1 Å². The van der Waals surface area contributed by atoms with Crippen LogP contribution < -0.4 is 4.90 Å². The van der Waals surface area contributed by atoms with Gasteiger partial charge in [-0.15, -0.1) is 0 Å². The number of halogens is 1. The maximum atomic E-state index is 8.94. The number of nitriles is 1. The smallest absolute Gasteiger partial charge is 0.168 e. The third kappa shape index (κ3) is 2.87. The number of rotatable bonds is 2. The SMILES string of the molecule is CN(c1ccc(C#N)c(Cl)c1)C1CCC2(CC1)OCCO2. The molecule has 0 amide bonds. The molecule has 1 aliphatic heterocycles. The van der Waals surface area contributed by atoms with Gasteiger partial charge in [-0.1, -0.05) is 11.6 Å². The molecule has 1 saturated heterocycles. The van der Waals surface area contributed by atoms with Crippen LogP contribution >= 0.6 is 11.6 Å². The fraction of sp³-hybridized carbons (Fsp3) is 0.562. The van der Waals surface area contributed by atoms with E-state index in [-0.39, 0.29) is 5.79 Å². The van der Waals surface area contributed by atoms with E-state index in [9.17, 15) is 0 Å². The second-order valence-corrected chi connectivity index (χ2v) is 6.13. The summed E-state index contributed by atoms with van der Waals surface area (Å²) >= 11 is 6.12. The van der Waals surface area contributed by atoms with Gasteiger partial charge in [-0.25, -0.2) is 0 Å². The van der Waals surface area contributed by atoms with Gasteiger partial charge >= 0.3 is 0 Å². The fourth-order valence-corrected chi connectivity index (χ4v) is 3.46. The highest BCUT2D eigenvalue weighted by Crippen LogP contribution is 2.38. The van der Waals surface area contributed by atoms with Crippen molar-refractivity contribution in [1.82, 2.24) is 0 Å². The monoisotopic (exact) mass is 306 g/mol. The number of anilines is 1. The van der Waals surface area contributed by atoms with Crippen molar-refractivity contribution >= 4 is 17.3 Å². The van der Waals surface area contributed by atoms with Crippen LogP contribution in [0.2, 0.25) is 5.02 Å². The van der Waals surface area contributed by atoms with Crippen molar-refractivity contribution in [2.45, 2.75) is 37.5 Å². The number of ether oxygens (including phenoxy) is 2. The van der Waals surface area contributed by atoms with Gasteiger partial charge in [0.25, 0.3) is 0 Å². The minimum atomic E-state index is -0.320. The third-order valence-corrected chi connectivity index (χ3v) is 4.87. The van der Waals surface area contributed by atoms with Gasteiger partial charge in [0.15, 0.2) is 5.79 Å². The predicted molar refractivity (Wildman–Crippen MR) is 81.5 cm³/mol. The van der Waals surface area contributed by atoms with Crippen molar-refractivity contribution in [1.29, 1.82) is 5.26 Å². The molecule has 2 aliphatic rings. The van der Waals surface area contributed by atoms with Crippen molar-refractivity contribution in [3.63, 3.8) is 0 Å². The van der Waals surface area contributed by atoms with Gasteiger partial charge in [0.05, 0.1) is 23.8 Å². The first-order chi connectivity index (χ1) is 10.1. The lowest BCUT2D eigenvalue weighted by molar-refractivity contribution is -0.178. The van der Waals surface area contributed by atoms with Crippen LogP contribution in [-0.2, 0) is 9.47 Å². The summed E-state index contributed by atoms with van der Waals surface area (Å²) in [6.45, 7) is 1.43. The first-order valence-corrected chi connectivity index (χ1v) is 7.72. The van der Waals surface area contributed by atoms with Crippen molar-refractivity contribution in [3.8, 4) is 6.07 Å². The van der Waals surface area contributed by atoms with Crippen LogP contribution in [0.15, 0.2) is 18.2 Å². The highest BCUT2D eigenvalue weighted by atomic mass is 35.5. The van der Waals surface area contributed by atoms with E-state index in [2.05, 4.69) is 18.0 Å². The minimum absolute atomic E-state index is 0.320. The summed E-state index contributed by atoms with van der Waals surface area (Å²) < 4.78 is 11.5. The Hall–Kier alpha value is -1.28. The van der Waals surface area contributed by atoms with Crippen LogP contribution in [0.1, 0.15) is 31.2 Å². The minimum Gasteiger partial charge on any atom is -0.372 e. The Morgan fingerprint density at radius 2 is 1.95 bits per heavy atom. The average Bonchev–Trinajstić information content (AvgIpc) is 2.95. The first kappa shape index (κ1) is 14.6. The molecule has 1 spiro atoms. The molecule has 3 rings (SSSR count). The Labute approximate surface area is 130 Å². The summed E-state index contributed by atoms with van der Waals surface area (Å²) in [6, 6.07) is 8.14. The quantitative estimate of drug-likeness (QED) is 0.840. The van der Waals surface area contributed by atoms with Gasteiger partial charge in [0.2, 0.25) is 0 Å². The molecule has 1 heterocycles. The lowest BCUT2D eigenvalue weighted by atomic mass is 9.89. The Morgan fingerprint density at radius 1 is 1.29 bits per heavy atom. The molecule has 0 N–H and O–H groups in total. The fourth-order valence-electron chi connectivity index (χ4n) is 3.24. The molecule has 0 radical (unpaired) electrons. The van der Waals surface area contributed by atoms with E-state index < -0.39 is 0 Å². The van der Waals surface area contributed by atoms with Gasteiger partial charge in [-0.3, -0.25) is 0 Å². The molecule has 1 saturated carbocycles. The molecule has 5 heteroatoms. The molecule has 1 aliphatic carbocycles. The molecule has 0 aromatic heterocycles. The highest BCUT2D eigenvalue weighted by molar-refractivity contribution is 6.32. The van der Waals surface area contributed by atoms with Gasteiger partial charge in [0, 0.05) is 31.6 Å². The molecule has 1 aromatic carbocycles. The largest absolute Gasteiger partial charge is 0.372 e. The second kappa shape index (κ2) is 5.84. The number of benzene rings is 1. The van der Waals surface area contributed by atoms with Crippen molar-refractivity contribution in [3.05, 3.63) is 28.8 Å². The summed E-state index contributed by atoms with van der Waals surface area (Å²) in [5, 5.41) is 9.45. The number of nitrogens with zero attached hydrogens (tertiary/aromatic N) is 2. The van der Waals surface area contributed by atoms with E-state index in [0.717, 1.165) is 31.4 Å². The summed E-state index contributed by atoms with van der Waals surface area (Å²) in [5.41, 5.74) is 1.57. The van der Waals surface area contributed by atoms with Gasteiger partial charge in [-0.2, -0.15) is 5.26 Å². The van der Waals surface area contributed by atoms with Gasteiger partial charge in [0.1, 0.15) is 6.07 Å². The van der Waals surface area contributed by atoms with Crippen molar-refractivity contribution < 1.29 is 9.47 Å². The van der Waals surface area contributed by atoms with Crippen LogP contribution in [0, 0.1) is 11.3 Å².